The third-order valence-corrected chi connectivity index (χ3v) is 8.10. The minimum Gasteiger partial charge on any atom is -0.493 e. The molecule has 10 nitrogen and oxygen atoms in total. The molecule has 0 saturated heterocycles. The van der Waals surface area contributed by atoms with Crippen molar-refractivity contribution in [3.63, 3.8) is 0 Å². The van der Waals surface area contributed by atoms with Crippen molar-refractivity contribution in [2.24, 2.45) is 4.99 Å². The number of hydrogen-bond acceptors (Lipinski definition) is 10. The second kappa shape index (κ2) is 12.8. The van der Waals surface area contributed by atoms with E-state index in [0.717, 1.165) is 11.3 Å². The van der Waals surface area contributed by atoms with Crippen molar-refractivity contribution in [3.05, 3.63) is 75.8 Å². The molecule has 0 radical (unpaired) electrons. The van der Waals surface area contributed by atoms with Crippen LogP contribution in [0.2, 0.25) is 5.02 Å². The topological polar surface area (TPSA) is 121 Å². The van der Waals surface area contributed by atoms with Gasteiger partial charge in [-0.2, -0.15) is 5.26 Å². The molecule has 2 aromatic carbocycles. The highest BCUT2D eigenvalue weighted by Gasteiger charge is 2.35. The van der Waals surface area contributed by atoms with Gasteiger partial charge in [-0.25, -0.2) is 9.79 Å². The molecule has 2 heterocycles. The van der Waals surface area contributed by atoms with Crippen LogP contribution in [-0.2, 0) is 9.53 Å². The molecule has 4 rings (SSSR count). The molecule has 1 aromatic heterocycles. The molecule has 0 saturated carbocycles. The third-order valence-electron chi connectivity index (χ3n) is 6.15. The van der Waals surface area contributed by atoms with E-state index >= 15 is 0 Å². The summed E-state index contributed by atoms with van der Waals surface area (Å²) in [6, 6.07) is 7.70. The summed E-state index contributed by atoms with van der Waals surface area (Å²) in [6.45, 7) is 3.36. The molecule has 1 atom stereocenters. The number of nitriles is 1. The van der Waals surface area contributed by atoms with E-state index < -0.39 is 12.0 Å². The molecule has 0 spiro atoms. The van der Waals surface area contributed by atoms with E-state index in [1.54, 1.807) is 44.2 Å². The summed E-state index contributed by atoms with van der Waals surface area (Å²) in [5, 5.41) is 9.08. The lowest BCUT2D eigenvalue weighted by Crippen LogP contribution is -2.40. The SMILES string of the molecule is CCOC(=O)C1=C(C)N=c2s/c(=C\c3cc(Cl)c(OCC#N)c(OC)c3)c(=O)n2[C@H]1c1cc(OC)c(OC)cc1Br. The molecule has 0 N–H and O–H groups in total. The van der Waals surface area contributed by atoms with Gasteiger partial charge in [0.25, 0.3) is 5.56 Å². The Morgan fingerprint density at radius 2 is 1.85 bits per heavy atom. The van der Waals surface area contributed by atoms with E-state index in [4.69, 9.17) is 40.5 Å². The summed E-state index contributed by atoms with van der Waals surface area (Å²) in [4.78, 5) is 32.2. The number of carbonyl (C=O) groups is 1. The van der Waals surface area contributed by atoms with Gasteiger partial charge in [-0.3, -0.25) is 9.36 Å². The minimum absolute atomic E-state index is 0.149. The van der Waals surface area contributed by atoms with Crippen LogP contribution in [0.4, 0.5) is 0 Å². The fourth-order valence-corrected chi connectivity index (χ4v) is 6.24. The van der Waals surface area contributed by atoms with Gasteiger partial charge in [-0.15, -0.1) is 0 Å². The molecular formula is C28H25BrClN3O7S. The standard InChI is InChI=1S/C28H25BrClN3O7S/c1-6-39-27(35)23-14(2)32-28-33(24(23)16-12-19(36-3)20(37-4)13-17(16)29)26(34)22(41-28)11-15-9-18(30)25(40-8-7-31)21(10-15)38-5/h9-13,24H,6,8H2,1-5H3/b22-11-/t24-/m0/s1. The van der Waals surface area contributed by atoms with Crippen molar-refractivity contribution >= 4 is 50.9 Å². The molecule has 3 aromatic rings. The van der Waals surface area contributed by atoms with Crippen LogP contribution in [0.3, 0.4) is 0 Å². The van der Waals surface area contributed by atoms with Crippen molar-refractivity contribution in [2.45, 2.75) is 19.9 Å². The highest BCUT2D eigenvalue weighted by Crippen LogP contribution is 2.41. The molecule has 1 aliphatic heterocycles. The normalized spacial score (nSPS) is 14.6. The predicted molar refractivity (Wildman–Crippen MR) is 157 cm³/mol. The first-order valence-electron chi connectivity index (χ1n) is 12.2. The van der Waals surface area contributed by atoms with Crippen LogP contribution < -0.4 is 33.8 Å². The van der Waals surface area contributed by atoms with Gasteiger partial charge in [-0.05, 0) is 55.3 Å². The van der Waals surface area contributed by atoms with E-state index in [9.17, 15) is 9.59 Å². The summed E-state index contributed by atoms with van der Waals surface area (Å²) >= 11 is 11.2. The quantitative estimate of drug-likeness (QED) is 0.314. The third kappa shape index (κ3) is 5.84. The number of hydrogen-bond donors (Lipinski definition) is 0. The molecule has 0 aliphatic carbocycles. The first-order valence-corrected chi connectivity index (χ1v) is 14.2. The Morgan fingerprint density at radius 3 is 2.49 bits per heavy atom. The number of esters is 1. The Labute approximate surface area is 252 Å². The van der Waals surface area contributed by atoms with Crippen molar-refractivity contribution in [1.82, 2.24) is 4.57 Å². The maximum absolute atomic E-state index is 14.0. The van der Waals surface area contributed by atoms with E-state index in [0.29, 0.717) is 47.9 Å². The zero-order valence-electron chi connectivity index (χ0n) is 22.7. The molecule has 0 bridgehead atoms. The number of thiazole rings is 1. The average molecular weight is 663 g/mol. The van der Waals surface area contributed by atoms with Crippen LogP contribution >= 0.6 is 38.9 Å². The number of ether oxygens (including phenoxy) is 5. The summed E-state index contributed by atoms with van der Waals surface area (Å²) in [6.07, 6.45) is 1.65. The monoisotopic (exact) mass is 661 g/mol. The second-order valence-corrected chi connectivity index (χ2v) is 10.8. The first kappa shape index (κ1) is 30.2. The number of allylic oxidation sites excluding steroid dienone is 1. The van der Waals surface area contributed by atoms with Gasteiger partial charge in [0, 0.05) is 4.47 Å². The van der Waals surface area contributed by atoms with E-state index in [1.807, 2.05) is 6.07 Å². The molecule has 214 valence electrons. The molecule has 0 unspecified atom stereocenters. The van der Waals surface area contributed by atoms with Crippen LogP contribution in [-0.4, -0.2) is 45.1 Å². The summed E-state index contributed by atoms with van der Waals surface area (Å²) in [5.41, 5.74) is 1.41. The van der Waals surface area contributed by atoms with E-state index in [1.165, 1.54) is 25.9 Å². The number of nitrogens with zero attached hydrogens (tertiary/aromatic N) is 3. The average Bonchev–Trinajstić information content (AvgIpc) is 3.25. The number of benzene rings is 2. The number of halogens is 2. The summed E-state index contributed by atoms with van der Waals surface area (Å²) in [5.74, 6) is 0.842. The van der Waals surface area contributed by atoms with Crippen LogP contribution in [0.25, 0.3) is 6.08 Å². The lowest BCUT2D eigenvalue weighted by Gasteiger charge is -2.26. The lowest BCUT2D eigenvalue weighted by atomic mass is 9.95. The van der Waals surface area contributed by atoms with Gasteiger partial charge in [0.15, 0.2) is 34.4 Å². The minimum atomic E-state index is -0.874. The fraction of sp³-hybridized carbons (Fsp3) is 0.286. The summed E-state index contributed by atoms with van der Waals surface area (Å²) in [7, 11) is 4.47. The Bertz CT molecular complexity index is 1770. The molecule has 41 heavy (non-hydrogen) atoms. The Morgan fingerprint density at radius 1 is 1.17 bits per heavy atom. The van der Waals surface area contributed by atoms with Crippen LogP contribution in [0.1, 0.15) is 31.0 Å². The van der Waals surface area contributed by atoms with Gasteiger partial charge in [0.05, 0.1) is 54.8 Å². The van der Waals surface area contributed by atoms with Gasteiger partial charge in [-0.1, -0.05) is 38.9 Å². The van der Waals surface area contributed by atoms with Gasteiger partial charge >= 0.3 is 5.97 Å². The molecular weight excluding hydrogens is 638 g/mol. The second-order valence-electron chi connectivity index (χ2n) is 8.51. The van der Waals surface area contributed by atoms with Crippen molar-refractivity contribution in [1.29, 1.82) is 5.26 Å². The summed E-state index contributed by atoms with van der Waals surface area (Å²) < 4.78 is 29.5. The van der Waals surface area contributed by atoms with Crippen molar-refractivity contribution < 1.29 is 28.5 Å². The van der Waals surface area contributed by atoms with Crippen LogP contribution in [0.5, 0.6) is 23.0 Å². The Balaban J connectivity index is 1.97. The van der Waals surface area contributed by atoms with Crippen molar-refractivity contribution in [2.75, 3.05) is 34.5 Å². The van der Waals surface area contributed by atoms with Crippen LogP contribution in [0, 0.1) is 11.3 Å². The number of methoxy groups -OCH3 is 3. The first-order chi connectivity index (χ1) is 19.7. The maximum atomic E-state index is 14.0. The van der Waals surface area contributed by atoms with Gasteiger partial charge in [0.1, 0.15) is 6.07 Å². The number of rotatable bonds is 9. The Hall–Kier alpha value is -3.79. The predicted octanol–water partition coefficient (Wildman–Crippen LogP) is 4.14. The molecule has 13 heteroatoms. The van der Waals surface area contributed by atoms with Gasteiger partial charge in [0.2, 0.25) is 0 Å². The van der Waals surface area contributed by atoms with Crippen LogP contribution in [0.15, 0.2) is 49.8 Å². The van der Waals surface area contributed by atoms with E-state index in [2.05, 4.69) is 20.9 Å². The lowest BCUT2D eigenvalue weighted by molar-refractivity contribution is -0.139. The number of carbonyl (C=O) groups excluding carboxylic acids is 1. The number of aromatic nitrogens is 1. The smallest absolute Gasteiger partial charge is 0.338 e. The molecule has 1 aliphatic rings. The number of fused-ring (bicyclic) bond motifs is 1. The van der Waals surface area contributed by atoms with E-state index in [-0.39, 0.29) is 35.1 Å². The Kier molecular flexibility index (Phi) is 9.42. The van der Waals surface area contributed by atoms with Gasteiger partial charge < -0.3 is 23.7 Å². The fourth-order valence-electron chi connectivity index (χ4n) is 4.38. The largest absolute Gasteiger partial charge is 0.493 e. The highest BCUT2D eigenvalue weighted by molar-refractivity contribution is 9.10. The van der Waals surface area contributed by atoms with Crippen molar-refractivity contribution in [3.8, 4) is 29.1 Å². The maximum Gasteiger partial charge on any atom is 0.338 e. The highest BCUT2D eigenvalue weighted by atomic mass is 79.9. The zero-order chi connectivity index (χ0) is 29.8. The molecule has 0 amide bonds. The molecule has 0 fully saturated rings. The zero-order valence-corrected chi connectivity index (χ0v) is 25.9.